The zero-order chi connectivity index (χ0) is 30.4. The van der Waals surface area contributed by atoms with E-state index in [1.807, 2.05) is 0 Å². The average molecular weight is 604 g/mol. The van der Waals surface area contributed by atoms with Crippen molar-refractivity contribution in [3.8, 4) is 22.6 Å². The maximum atomic E-state index is 13.8. The minimum atomic E-state index is -5.02. The average Bonchev–Trinajstić information content (AvgIpc) is 2.86. The Balaban J connectivity index is 1.85. The molecule has 0 saturated carbocycles. The molecule has 0 unspecified atom stereocenters. The van der Waals surface area contributed by atoms with E-state index in [0.29, 0.717) is 12.1 Å². The SMILES string of the molecule is CC(C)(C[C@H]1CN(S(=O)(=O)c2cccc(C(F)(F)F)c2)c2cc(-c3ccccc3OC(F)(F)F)ccc2O1)C(=O)O. The lowest BCUT2D eigenvalue weighted by Crippen LogP contribution is -2.46. The maximum Gasteiger partial charge on any atom is 0.573 e. The van der Waals surface area contributed by atoms with Crippen LogP contribution in [0.4, 0.5) is 32.0 Å². The van der Waals surface area contributed by atoms with Gasteiger partial charge in [0.05, 0.1) is 28.1 Å². The highest BCUT2D eigenvalue weighted by atomic mass is 32.2. The number of rotatable bonds is 7. The standard InChI is InChI=1S/C27H23F6NO6S/c1-25(2,24(35)36)14-18-15-34(41(37,38)19-7-5-6-17(13-19)26(28,29)30)21-12-16(10-11-23(21)39-18)20-8-3-4-9-22(20)40-27(31,32)33/h3-13,18H,14-15H2,1-2H3,(H,35,36)/t18-/m0/s1. The molecule has 0 aromatic heterocycles. The molecule has 3 aromatic carbocycles. The van der Waals surface area contributed by atoms with E-state index in [-0.39, 0.29) is 29.0 Å². The number of carboxylic acid groups (broad SMARTS) is 1. The van der Waals surface area contributed by atoms with E-state index < -0.39 is 62.8 Å². The zero-order valence-corrected chi connectivity index (χ0v) is 22.3. The van der Waals surface area contributed by atoms with Gasteiger partial charge in [0.1, 0.15) is 17.6 Å². The molecular formula is C27H23F6NO6S. The first-order valence-electron chi connectivity index (χ1n) is 12.0. The number of para-hydroxylation sites is 1. The van der Waals surface area contributed by atoms with Crippen LogP contribution in [0.5, 0.6) is 11.5 Å². The van der Waals surface area contributed by atoms with Crippen LogP contribution in [0.2, 0.25) is 0 Å². The van der Waals surface area contributed by atoms with Gasteiger partial charge in [-0.25, -0.2) is 8.42 Å². The minimum absolute atomic E-state index is 0.0434. The Hall–Kier alpha value is -3.94. The molecular weight excluding hydrogens is 580 g/mol. The molecule has 1 heterocycles. The van der Waals surface area contributed by atoms with Gasteiger partial charge in [0, 0.05) is 12.0 Å². The molecule has 3 aromatic rings. The number of fused-ring (bicyclic) bond motifs is 1. The van der Waals surface area contributed by atoms with Gasteiger partial charge in [0.2, 0.25) is 0 Å². The Bertz CT molecular complexity index is 1570. The van der Waals surface area contributed by atoms with E-state index >= 15 is 0 Å². The summed E-state index contributed by atoms with van der Waals surface area (Å²) in [7, 11) is -4.71. The molecule has 1 atom stereocenters. The van der Waals surface area contributed by atoms with Crippen LogP contribution in [0, 0.1) is 5.41 Å². The highest BCUT2D eigenvalue weighted by molar-refractivity contribution is 7.92. The summed E-state index contributed by atoms with van der Waals surface area (Å²) in [4.78, 5) is 11.0. The van der Waals surface area contributed by atoms with Gasteiger partial charge in [0.15, 0.2) is 0 Å². The molecule has 0 fully saturated rings. The molecule has 0 bridgehead atoms. The summed E-state index contributed by atoms with van der Waals surface area (Å²) < 4.78 is 118. The van der Waals surface area contributed by atoms with Gasteiger partial charge >= 0.3 is 18.5 Å². The van der Waals surface area contributed by atoms with Crippen molar-refractivity contribution >= 4 is 21.7 Å². The summed E-state index contributed by atoms with van der Waals surface area (Å²) in [5.41, 5.74) is -2.67. The van der Waals surface area contributed by atoms with Crippen LogP contribution >= 0.6 is 0 Å². The van der Waals surface area contributed by atoms with Crippen LogP contribution < -0.4 is 13.8 Å². The second-order valence-corrected chi connectivity index (χ2v) is 11.8. The Morgan fingerprint density at radius 1 is 1.00 bits per heavy atom. The molecule has 0 saturated heterocycles. The molecule has 7 nitrogen and oxygen atoms in total. The van der Waals surface area contributed by atoms with Gasteiger partial charge in [-0.05, 0) is 55.8 Å². The largest absolute Gasteiger partial charge is 0.573 e. The summed E-state index contributed by atoms with van der Waals surface area (Å²) in [5.74, 6) is -1.81. The van der Waals surface area contributed by atoms with Crippen molar-refractivity contribution in [1.29, 1.82) is 0 Å². The summed E-state index contributed by atoms with van der Waals surface area (Å²) in [6.07, 6.45) is -11.0. The summed E-state index contributed by atoms with van der Waals surface area (Å²) >= 11 is 0. The molecule has 4 rings (SSSR count). The number of benzene rings is 3. The topological polar surface area (TPSA) is 93.1 Å². The normalized spacial score (nSPS) is 16.1. The van der Waals surface area contributed by atoms with E-state index in [0.717, 1.165) is 22.5 Å². The number of sulfonamides is 1. The Kier molecular flexibility index (Phi) is 7.67. The molecule has 220 valence electrons. The van der Waals surface area contributed by atoms with Crippen molar-refractivity contribution in [2.45, 2.75) is 43.8 Å². The molecule has 1 N–H and O–H groups in total. The molecule has 41 heavy (non-hydrogen) atoms. The lowest BCUT2D eigenvalue weighted by Gasteiger charge is -2.38. The van der Waals surface area contributed by atoms with Crippen molar-refractivity contribution in [1.82, 2.24) is 0 Å². The first-order valence-corrected chi connectivity index (χ1v) is 13.4. The number of carboxylic acids is 1. The van der Waals surface area contributed by atoms with E-state index in [9.17, 15) is 44.7 Å². The molecule has 14 heteroatoms. The summed E-state index contributed by atoms with van der Waals surface area (Å²) in [5, 5.41) is 9.56. The number of nitrogens with zero attached hydrogens (tertiary/aromatic N) is 1. The van der Waals surface area contributed by atoms with Crippen LogP contribution in [0.15, 0.2) is 71.6 Å². The van der Waals surface area contributed by atoms with Crippen molar-refractivity contribution in [2.75, 3.05) is 10.8 Å². The fraction of sp³-hybridized carbons (Fsp3) is 0.296. The third-order valence-corrected chi connectivity index (χ3v) is 8.16. The summed E-state index contributed by atoms with van der Waals surface area (Å²) in [6.45, 7) is 2.33. The van der Waals surface area contributed by atoms with Gasteiger partial charge in [-0.15, -0.1) is 13.2 Å². The molecule has 0 amide bonds. The smallest absolute Gasteiger partial charge is 0.486 e. The lowest BCUT2D eigenvalue weighted by molar-refractivity contribution is -0.274. The van der Waals surface area contributed by atoms with Crippen LogP contribution in [0.25, 0.3) is 11.1 Å². The number of hydrogen-bond acceptors (Lipinski definition) is 5. The Labute approximate surface area is 231 Å². The van der Waals surface area contributed by atoms with Crippen LogP contribution in [0.1, 0.15) is 25.8 Å². The first-order chi connectivity index (χ1) is 18.9. The fourth-order valence-electron chi connectivity index (χ4n) is 4.35. The molecule has 1 aliphatic heterocycles. The van der Waals surface area contributed by atoms with Crippen LogP contribution in [0.3, 0.4) is 0 Å². The van der Waals surface area contributed by atoms with Gasteiger partial charge in [-0.1, -0.05) is 30.3 Å². The lowest BCUT2D eigenvalue weighted by atomic mass is 9.86. The Morgan fingerprint density at radius 2 is 1.68 bits per heavy atom. The third-order valence-electron chi connectivity index (χ3n) is 6.38. The first kappa shape index (κ1) is 30.0. The van der Waals surface area contributed by atoms with Gasteiger partial charge in [0.25, 0.3) is 10.0 Å². The second-order valence-electron chi connectivity index (χ2n) is 9.92. The fourth-order valence-corrected chi connectivity index (χ4v) is 5.89. The molecule has 0 aliphatic carbocycles. The van der Waals surface area contributed by atoms with Crippen molar-refractivity contribution in [3.05, 3.63) is 72.3 Å². The predicted molar refractivity (Wildman–Crippen MR) is 135 cm³/mol. The molecule has 0 radical (unpaired) electrons. The highest BCUT2D eigenvalue weighted by Crippen LogP contribution is 2.44. The number of hydrogen-bond donors (Lipinski definition) is 1. The number of alkyl halides is 6. The van der Waals surface area contributed by atoms with Crippen molar-refractivity contribution < 1.29 is 54.1 Å². The second kappa shape index (κ2) is 10.5. The number of ether oxygens (including phenoxy) is 2. The maximum absolute atomic E-state index is 13.8. The third kappa shape index (κ3) is 6.53. The monoisotopic (exact) mass is 603 g/mol. The zero-order valence-electron chi connectivity index (χ0n) is 21.5. The number of aliphatic carboxylic acids is 1. The van der Waals surface area contributed by atoms with Crippen molar-refractivity contribution in [3.63, 3.8) is 0 Å². The number of carbonyl (C=O) groups is 1. The Morgan fingerprint density at radius 3 is 2.32 bits per heavy atom. The van der Waals surface area contributed by atoms with E-state index in [4.69, 9.17) is 4.74 Å². The van der Waals surface area contributed by atoms with Gasteiger partial charge < -0.3 is 14.6 Å². The predicted octanol–water partition coefficient (Wildman–Crippen LogP) is 6.73. The van der Waals surface area contributed by atoms with Gasteiger partial charge in [-0.3, -0.25) is 9.10 Å². The van der Waals surface area contributed by atoms with E-state index in [1.54, 1.807) is 0 Å². The van der Waals surface area contributed by atoms with Crippen molar-refractivity contribution in [2.24, 2.45) is 5.41 Å². The quantitative estimate of drug-likeness (QED) is 0.301. The van der Waals surface area contributed by atoms with E-state index in [2.05, 4.69) is 4.74 Å². The van der Waals surface area contributed by atoms with Crippen LogP contribution in [-0.2, 0) is 21.0 Å². The highest BCUT2D eigenvalue weighted by Gasteiger charge is 2.40. The van der Waals surface area contributed by atoms with Gasteiger partial charge in [-0.2, -0.15) is 13.2 Å². The molecule has 0 spiro atoms. The number of anilines is 1. The minimum Gasteiger partial charge on any atom is -0.486 e. The van der Waals surface area contributed by atoms with E-state index in [1.165, 1.54) is 50.2 Å². The molecule has 1 aliphatic rings. The number of halogens is 6. The van der Waals surface area contributed by atoms with Crippen LogP contribution in [-0.4, -0.2) is 38.5 Å². The summed E-state index contributed by atoms with van der Waals surface area (Å²) in [6, 6.07) is 12.1.